The van der Waals surface area contributed by atoms with E-state index in [1.165, 1.54) is 0 Å². The molecule has 1 atom stereocenters. The molecule has 1 amide bonds. The van der Waals surface area contributed by atoms with Gasteiger partial charge in [-0.1, -0.05) is 18.5 Å². The first-order chi connectivity index (χ1) is 13.1. The standard InChI is InChI=1S/C20H22ClN5O.2ClH.H2O/c1-2-25-11-9-16(12-25)23-18(27)13-26-19(14-5-7-15(21)8-6-14)24-17-4-3-10-22-20(17)26;;;/h3-8,10,16H,2,9,11-13H2,1H3,(H,23,27);2*1H;1H2. The summed E-state index contributed by atoms with van der Waals surface area (Å²) in [5.74, 6) is 0.704. The van der Waals surface area contributed by atoms with Gasteiger partial charge in [0.25, 0.3) is 0 Å². The van der Waals surface area contributed by atoms with Crippen LogP contribution in [0.4, 0.5) is 0 Å². The van der Waals surface area contributed by atoms with Crippen LogP contribution in [0.3, 0.4) is 0 Å². The number of imidazole rings is 1. The van der Waals surface area contributed by atoms with Crippen LogP contribution in [0.2, 0.25) is 5.02 Å². The Hall–Kier alpha value is -1.90. The number of likely N-dealkylation sites (N-methyl/N-ethyl adjacent to an activating group) is 1. The van der Waals surface area contributed by atoms with E-state index in [1.807, 2.05) is 41.0 Å². The average molecular weight is 475 g/mol. The molecule has 10 heteroatoms. The highest BCUT2D eigenvalue weighted by Gasteiger charge is 2.23. The first-order valence-electron chi connectivity index (χ1n) is 9.23. The summed E-state index contributed by atoms with van der Waals surface area (Å²) in [5, 5.41) is 3.82. The van der Waals surface area contributed by atoms with E-state index in [0.29, 0.717) is 10.7 Å². The van der Waals surface area contributed by atoms with E-state index in [1.54, 1.807) is 6.20 Å². The molecule has 1 aliphatic rings. The number of carbonyl (C=O) groups is 1. The number of hydrogen-bond acceptors (Lipinski definition) is 4. The van der Waals surface area contributed by atoms with Crippen molar-refractivity contribution in [1.82, 2.24) is 24.8 Å². The third-order valence-electron chi connectivity index (χ3n) is 4.99. The van der Waals surface area contributed by atoms with Crippen LogP contribution in [-0.2, 0) is 11.3 Å². The molecule has 0 aliphatic carbocycles. The first-order valence-corrected chi connectivity index (χ1v) is 9.60. The maximum Gasteiger partial charge on any atom is 0.240 e. The number of carbonyl (C=O) groups excluding carboxylic acids is 1. The van der Waals surface area contributed by atoms with E-state index < -0.39 is 0 Å². The van der Waals surface area contributed by atoms with E-state index in [9.17, 15) is 4.79 Å². The molecule has 2 aromatic heterocycles. The van der Waals surface area contributed by atoms with Crippen LogP contribution < -0.4 is 5.32 Å². The highest BCUT2D eigenvalue weighted by molar-refractivity contribution is 6.30. The molecule has 1 aliphatic heterocycles. The number of rotatable bonds is 5. The van der Waals surface area contributed by atoms with Crippen molar-refractivity contribution in [3.05, 3.63) is 47.6 Å². The minimum atomic E-state index is -0.0156. The van der Waals surface area contributed by atoms with Crippen molar-refractivity contribution >= 4 is 53.5 Å². The SMILES string of the molecule is CCN1CCC(NC(=O)Cn2c(-c3ccc(Cl)cc3)nc3cccnc32)C1.Cl.Cl.O. The van der Waals surface area contributed by atoms with Gasteiger partial charge >= 0.3 is 0 Å². The summed E-state index contributed by atoms with van der Waals surface area (Å²) < 4.78 is 1.88. The fourth-order valence-corrected chi connectivity index (χ4v) is 3.71. The number of fused-ring (bicyclic) bond motifs is 1. The normalized spacial score (nSPS) is 15.7. The van der Waals surface area contributed by atoms with Gasteiger partial charge in [-0.3, -0.25) is 9.36 Å². The fraction of sp³-hybridized carbons (Fsp3) is 0.350. The Morgan fingerprint density at radius 3 is 2.63 bits per heavy atom. The number of benzene rings is 1. The molecule has 4 rings (SSSR count). The second-order valence-corrected chi connectivity index (χ2v) is 7.26. The number of halogens is 3. The quantitative estimate of drug-likeness (QED) is 0.615. The molecule has 0 radical (unpaired) electrons. The van der Waals surface area contributed by atoms with Gasteiger partial charge < -0.3 is 15.7 Å². The molecular formula is C20H26Cl3N5O2. The molecule has 30 heavy (non-hydrogen) atoms. The zero-order valence-corrected chi connectivity index (χ0v) is 18.9. The van der Waals surface area contributed by atoms with Crippen LogP contribution in [-0.4, -0.2) is 56.5 Å². The Labute approximate surface area is 193 Å². The third-order valence-corrected chi connectivity index (χ3v) is 5.24. The maximum absolute atomic E-state index is 12.7. The first kappa shape index (κ1) is 26.1. The molecule has 1 saturated heterocycles. The topological polar surface area (TPSA) is 94.6 Å². The summed E-state index contributed by atoms with van der Waals surface area (Å²) in [5.41, 5.74) is 2.38. The highest BCUT2D eigenvalue weighted by atomic mass is 35.5. The van der Waals surface area contributed by atoms with Crippen molar-refractivity contribution in [2.75, 3.05) is 19.6 Å². The number of pyridine rings is 1. The molecule has 3 heterocycles. The zero-order chi connectivity index (χ0) is 18.8. The Morgan fingerprint density at radius 2 is 1.97 bits per heavy atom. The van der Waals surface area contributed by atoms with E-state index in [2.05, 4.69) is 22.1 Å². The van der Waals surface area contributed by atoms with Crippen molar-refractivity contribution in [2.24, 2.45) is 0 Å². The van der Waals surface area contributed by atoms with Crippen molar-refractivity contribution in [3.8, 4) is 11.4 Å². The smallest absolute Gasteiger partial charge is 0.240 e. The number of likely N-dealkylation sites (tertiary alicyclic amines) is 1. The zero-order valence-electron chi connectivity index (χ0n) is 16.5. The Balaban J connectivity index is 0.00000150. The van der Waals surface area contributed by atoms with Crippen molar-refractivity contribution in [1.29, 1.82) is 0 Å². The van der Waals surface area contributed by atoms with Gasteiger partial charge in [0.05, 0.1) is 0 Å². The summed E-state index contributed by atoms with van der Waals surface area (Å²) in [4.78, 5) is 24.2. The summed E-state index contributed by atoms with van der Waals surface area (Å²) in [6, 6.07) is 11.4. The van der Waals surface area contributed by atoms with Gasteiger partial charge in [0.2, 0.25) is 5.91 Å². The van der Waals surface area contributed by atoms with Crippen molar-refractivity contribution in [2.45, 2.75) is 25.9 Å². The fourth-order valence-electron chi connectivity index (χ4n) is 3.58. The Morgan fingerprint density at radius 1 is 1.23 bits per heavy atom. The van der Waals surface area contributed by atoms with E-state index in [-0.39, 0.29) is 48.8 Å². The van der Waals surface area contributed by atoms with Gasteiger partial charge in [-0.2, -0.15) is 0 Å². The van der Waals surface area contributed by atoms with E-state index in [0.717, 1.165) is 43.0 Å². The van der Waals surface area contributed by atoms with Crippen LogP contribution in [0.1, 0.15) is 13.3 Å². The molecule has 0 saturated carbocycles. The van der Waals surface area contributed by atoms with Crippen LogP contribution in [0.5, 0.6) is 0 Å². The molecule has 0 bridgehead atoms. The lowest BCUT2D eigenvalue weighted by Gasteiger charge is -2.15. The molecule has 3 N–H and O–H groups in total. The van der Waals surface area contributed by atoms with Crippen LogP contribution in [0.15, 0.2) is 42.6 Å². The van der Waals surface area contributed by atoms with Crippen molar-refractivity contribution in [3.63, 3.8) is 0 Å². The number of nitrogens with one attached hydrogen (secondary N) is 1. The van der Waals surface area contributed by atoms with E-state index in [4.69, 9.17) is 16.6 Å². The monoisotopic (exact) mass is 473 g/mol. The molecule has 164 valence electrons. The van der Waals surface area contributed by atoms with Crippen LogP contribution in [0, 0.1) is 0 Å². The maximum atomic E-state index is 12.7. The molecule has 1 unspecified atom stereocenters. The number of nitrogens with zero attached hydrogens (tertiary/aromatic N) is 4. The number of hydrogen-bond donors (Lipinski definition) is 1. The summed E-state index contributed by atoms with van der Waals surface area (Å²) in [6.45, 7) is 5.30. The number of amides is 1. The molecular weight excluding hydrogens is 449 g/mol. The van der Waals surface area contributed by atoms with Gasteiger partial charge in [-0.05, 0) is 49.4 Å². The largest absolute Gasteiger partial charge is 0.412 e. The Kier molecular flexibility index (Phi) is 10.0. The second kappa shape index (κ2) is 11.5. The summed E-state index contributed by atoms with van der Waals surface area (Å²) in [7, 11) is 0. The molecule has 3 aromatic rings. The average Bonchev–Trinajstić information content (AvgIpc) is 3.27. The molecule has 0 spiro atoms. The second-order valence-electron chi connectivity index (χ2n) is 6.82. The third kappa shape index (κ3) is 5.62. The van der Waals surface area contributed by atoms with Gasteiger partial charge in [-0.25, -0.2) is 9.97 Å². The lowest BCUT2D eigenvalue weighted by Crippen LogP contribution is -2.39. The van der Waals surface area contributed by atoms with Gasteiger partial charge in [-0.15, -0.1) is 24.8 Å². The Bertz CT molecular complexity index is 965. The minimum absolute atomic E-state index is 0. The lowest BCUT2D eigenvalue weighted by molar-refractivity contribution is -0.122. The molecule has 1 fully saturated rings. The molecule has 7 nitrogen and oxygen atoms in total. The van der Waals surface area contributed by atoms with Gasteiger partial charge in [0.1, 0.15) is 17.9 Å². The minimum Gasteiger partial charge on any atom is -0.412 e. The lowest BCUT2D eigenvalue weighted by atomic mass is 10.2. The predicted octanol–water partition coefficient (Wildman–Crippen LogP) is 2.98. The van der Waals surface area contributed by atoms with Crippen molar-refractivity contribution < 1.29 is 10.3 Å². The summed E-state index contributed by atoms with van der Waals surface area (Å²) in [6.07, 6.45) is 2.71. The summed E-state index contributed by atoms with van der Waals surface area (Å²) >= 11 is 6.01. The predicted molar refractivity (Wildman–Crippen MR) is 125 cm³/mol. The van der Waals surface area contributed by atoms with Crippen LogP contribution in [0.25, 0.3) is 22.6 Å². The number of aromatic nitrogens is 3. The molecule has 1 aromatic carbocycles. The van der Waals surface area contributed by atoms with Crippen LogP contribution >= 0.6 is 36.4 Å². The van der Waals surface area contributed by atoms with Gasteiger partial charge in [0, 0.05) is 35.9 Å². The highest BCUT2D eigenvalue weighted by Crippen LogP contribution is 2.25. The van der Waals surface area contributed by atoms with Gasteiger partial charge in [0.15, 0.2) is 5.65 Å². The van der Waals surface area contributed by atoms with E-state index >= 15 is 0 Å².